The minimum Gasteiger partial charge on any atom is -0.333 e. The Bertz CT molecular complexity index is 871. The lowest BCUT2D eigenvalue weighted by atomic mass is 10.3. The highest BCUT2D eigenvalue weighted by molar-refractivity contribution is 5.75. The van der Waals surface area contributed by atoms with Crippen molar-refractivity contribution in [2.24, 2.45) is 0 Å². The van der Waals surface area contributed by atoms with Gasteiger partial charge in [-0.1, -0.05) is 0 Å². The molecule has 0 amide bonds. The maximum absolute atomic E-state index is 11.5. The summed E-state index contributed by atoms with van der Waals surface area (Å²) in [6.45, 7) is 1.90. The molecule has 24 heavy (non-hydrogen) atoms. The molecule has 0 bridgehead atoms. The highest BCUT2D eigenvalue weighted by Crippen LogP contribution is 2.32. The second-order valence-electron chi connectivity index (χ2n) is 4.89. The maximum Gasteiger partial charge on any atom is 0.353 e. The average molecular weight is 323 g/mol. The number of nitrogens with one attached hydrogen (secondary N) is 2. The third kappa shape index (κ3) is 3.40. The Balaban J connectivity index is 1.97. The van der Waals surface area contributed by atoms with Gasteiger partial charge in [-0.05, 0) is 36.8 Å². The van der Waals surface area contributed by atoms with Crippen LogP contribution in [0.15, 0.2) is 49.2 Å². The SMILES string of the molecule is Cc1ccnc(Nc2ncnc(Nc3cccnc3)c2[N+](=O)[O-])c1. The minimum atomic E-state index is -0.545. The molecule has 0 aliphatic rings. The molecule has 0 atom stereocenters. The minimum absolute atomic E-state index is 0.0551. The van der Waals surface area contributed by atoms with Crippen LogP contribution < -0.4 is 10.6 Å². The van der Waals surface area contributed by atoms with E-state index in [0.717, 1.165) is 5.56 Å². The molecule has 2 N–H and O–H groups in total. The third-order valence-electron chi connectivity index (χ3n) is 3.09. The summed E-state index contributed by atoms with van der Waals surface area (Å²) in [5, 5.41) is 17.2. The van der Waals surface area contributed by atoms with E-state index in [4.69, 9.17) is 0 Å². The first-order chi connectivity index (χ1) is 11.6. The number of nitro groups is 1. The van der Waals surface area contributed by atoms with E-state index in [1.54, 1.807) is 36.8 Å². The molecular formula is C15H13N7O2. The molecule has 3 aromatic rings. The number of aromatic nitrogens is 4. The first-order valence-electron chi connectivity index (χ1n) is 6.99. The summed E-state index contributed by atoms with van der Waals surface area (Å²) >= 11 is 0. The molecule has 3 aromatic heterocycles. The van der Waals surface area contributed by atoms with E-state index in [0.29, 0.717) is 11.5 Å². The topological polar surface area (TPSA) is 119 Å². The molecule has 120 valence electrons. The summed E-state index contributed by atoms with van der Waals surface area (Å²) in [5.74, 6) is 0.585. The van der Waals surface area contributed by atoms with Crippen LogP contribution in [0.5, 0.6) is 0 Å². The Morgan fingerprint density at radius 1 is 1.08 bits per heavy atom. The Labute approximate surface area is 137 Å². The molecular weight excluding hydrogens is 310 g/mol. The van der Waals surface area contributed by atoms with Crippen LogP contribution in [0.1, 0.15) is 5.56 Å². The molecule has 3 rings (SSSR count). The summed E-state index contributed by atoms with van der Waals surface area (Å²) in [4.78, 5) is 27.0. The monoisotopic (exact) mass is 323 g/mol. The van der Waals surface area contributed by atoms with Gasteiger partial charge in [0.2, 0.25) is 11.6 Å². The fraction of sp³-hybridized carbons (Fsp3) is 0.0667. The summed E-state index contributed by atoms with van der Waals surface area (Å²) < 4.78 is 0. The molecule has 9 nitrogen and oxygen atoms in total. The van der Waals surface area contributed by atoms with Gasteiger partial charge in [0.1, 0.15) is 12.1 Å². The van der Waals surface area contributed by atoms with Crippen molar-refractivity contribution in [3.05, 3.63) is 64.9 Å². The zero-order valence-corrected chi connectivity index (χ0v) is 12.7. The van der Waals surface area contributed by atoms with Crippen molar-refractivity contribution in [2.45, 2.75) is 6.92 Å². The van der Waals surface area contributed by atoms with E-state index >= 15 is 0 Å². The van der Waals surface area contributed by atoms with Crippen molar-refractivity contribution >= 4 is 28.8 Å². The third-order valence-corrected chi connectivity index (χ3v) is 3.09. The molecule has 3 heterocycles. The number of nitrogens with zero attached hydrogens (tertiary/aromatic N) is 5. The first-order valence-corrected chi connectivity index (χ1v) is 6.99. The predicted molar refractivity (Wildman–Crippen MR) is 88.5 cm³/mol. The molecule has 0 radical (unpaired) electrons. The quantitative estimate of drug-likeness (QED) is 0.543. The van der Waals surface area contributed by atoms with Crippen molar-refractivity contribution in [1.29, 1.82) is 0 Å². The van der Waals surface area contributed by atoms with Crippen molar-refractivity contribution in [2.75, 3.05) is 10.6 Å². The molecule has 0 fully saturated rings. The van der Waals surface area contributed by atoms with Gasteiger partial charge in [-0.25, -0.2) is 15.0 Å². The van der Waals surface area contributed by atoms with Gasteiger partial charge < -0.3 is 10.6 Å². The van der Waals surface area contributed by atoms with Gasteiger partial charge in [-0.15, -0.1) is 0 Å². The number of rotatable bonds is 5. The summed E-state index contributed by atoms with van der Waals surface area (Å²) in [6, 6.07) is 7.04. The maximum atomic E-state index is 11.5. The normalized spacial score (nSPS) is 10.2. The fourth-order valence-electron chi connectivity index (χ4n) is 2.03. The molecule has 0 spiro atoms. The van der Waals surface area contributed by atoms with E-state index in [9.17, 15) is 10.1 Å². The molecule has 0 saturated heterocycles. The number of anilines is 4. The van der Waals surface area contributed by atoms with Crippen LogP contribution >= 0.6 is 0 Å². The Hall–Kier alpha value is -3.62. The number of pyridine rings is 2. The van der Waals surface area contributed by atoms with Crippen molar-refractivity contribution in [3.63, 3.8) is 0 Å². The molecule has 0 aliphatic heterocycles. The van der Waals surface area contributed by atoms with E-state index in [1.807, 2.05) is 13.0 Å². The van der Waals surface area contributed by atoms with Gasteiger partial charge in [0.25, 0.3) is 0 Å². The van der Waals surface area contributed by atoms with Crippen molar-refractivity contribution in [1.82, 2.24) is 19.9 Å². The van der Waals surface area contributed by atoms with Gasteiger partial charge in [0, 0.05) is 12.4 Å². The molecule has 0 aromatic carbocycles. The second kappa shape index (κ2) is 6.65. The van der Waals surface area contributed by atoms with E-state index < -0.39 is 4.92 Å². The van der Waals surface area contributed by atoms with Gasteiger partial charge in [0.05, 0.1) is 16.8 Å². The van der Waals surface area contributed by atoms with Gasteiger partial charge >= 0.3 is 5.69 Å². The fourth-order valence-corrected chi connectivity index (χ4v) is 2.03. The predicted octanol–water partition coefficient (Wildman–Crippen LogP) is 2.97. The summed E-state index contributed by atoms with van der Waals surface area (Å²) in [6.07, 6.45) is 6.00. The molecule has 0 saturated carbocycles. The van der Waals surface area contributed by atoms with E-state index in [2.05, 4.69) is 30.6 Å². The molecule has 0 unspecified atom stereocenters. The summed E-state index contributed by atoms with van der Waals surface area (Å²) in [5.41, 5.74) is 1.28. The van der Waals surface area contributed by atoms with Crippen LogP contribution in [0.2, 0.25) is 0 Å². The lowest BCUT2D eigenvalue weighted by molar-refractivity contribution is -0.383. The molecule has 0 aliphatic carbocycles. The first kappa shape index (κ1) is 15.3. The van der Waals surface area contributed by atoms with Crippen LogP contribution in [0, 0.1) is 17.0 Å². The Morgan fingerprint density at radius 3 is 2.54 bits per heavy atom. The average Bonchev–Trinajstić information content (AvgIpc) is 2.56. The summed E-state index contributed by atoms with van der Waals surface area (Å²) in [7, 11) is 0. The van der Waals surface area contributed by atoms with Crippen LogP contribution in [0.3, 0.4) is 0 Å². The smallest absolute Gasteiger partial charge is 0.333 e. The molecule has 9 heteroatoms. The zero-order chi connectivity index (χ0) is 16.9. The second-order valence-corrected chi connectivity index (χ2v) is 4.89. The van der Waals surface area contributed by atoms with Crippen LogP contribution in [-0.2, 0) is 0 Å². The lowest BCUT2D eigenvalue weighted by Crippen LogP contribution is -2.06. The largest absolute Gasteiger partial charge is 0.353 e. The van der Waals surface area contributed by atoms with Crippen molar-refractivity contribution in [3.8, 4) is 0 Å². The van der Waals surface area contributed by atoms with Crippen molar-refractivity contribution < 1.29 is 4.92 Å². The zero-order valence-electron chi connectivity index (χ0n) is 12.7. The Morgan fingerprint density at radius 2 is 1.88 bits per heavy atom. The number of hydrogen-bond donors (Lipinski definition) is 2. The standard InChI is InChI=1S/C15H13N7O2/c1-10-4-6-17-12(7-10)21-15-13(22(23)24)14(18-9-19-15)20-11-3-2-5-16-8-11/h2-9H,1H3,(H2,17,18,19,20,21). The van der Waals surface area contributed by atoms with Crippen LogP contribution in [0.4, 0.5) is 28.8 Å². The highest BCUT2D eigenvalue weighted by atomic mass is 16.6. The van der Waals surface area contributed by atoms with Crippen LogP contribution in [0.25, 0.3) is 0 Å². The van der Waals surface area contributed by atoms with Crippen LogP contribution in [-0.4, -0.2) is 24.9 Å². The number of aryl methyl sites for hydroxylation is 1. The highest BCUT2D eigenvalue weighted by Gasteiger charge is 2.23. The number of hydrogen-bond acceptors (Lipinski definition) is 8. The van der Waals surface area contributed by atoms with Gasteiger partial charge in [-0.2, -0.15) is 0 Å². The van der Waals surface area contributed by atoms with E-state index in [1.165, 1.54) is 6.33 Å². The Kier molecular flexibility index (Phi) is 4.23. The van der Waals surface area contributed by atoms with Gasteiger partial charge in [-0.3, -0.25) is 15.1 Å². The van der Waals surface area contributed by atoms with Gasteiger partial charge in [0.15, 0.2) is 0 Å². The lowest BCUT2D eigenvalue weighted by Gasteiger charge is -2.09. The van der Waals surface area contributed by atoms with E-state index in [-0.39, 0.29) is 17.3 Å².